The lowest BCUT2D eigenvalue weighted by atomic mass is 10.3. The van der Waals surface area contributed by atoms with Crippen molar-refractivity contribution in [3.63, 3.8) is 0 Å². The molecule has 0 spiro atoms. The van der Waals surface area contributed by atoms with Crippen molar-refractivity contribution in [2.45, 2.75) is 45.4 Å². The van der Waals surface area contributed by atoms with Gasteiger partial charge in [-0.05, 0) is 13.8 Å². The zero-order valence-corrected chi connectivity index (χ0v) is 12.0. The van der Waals surface area contributed by atoms with Gasteiger partial charge in [-0.2, -0.15) is 5.10 Å². The first-order valence-corrected chi connectivity index (χ1v) is 6.75. The van der Waals surface area contributed by atoms with Crippen molar-refractivity contribution in [1.29, 1.82) is 0 Å². The lowest BCUT2D eigenvalue weighted by Gasteiger charge is -2.17. The quantitative estimate of drug-likeness (QED) is 0.900. The Kier molecular flexibility index (Phi) is 4.62. The highest BCUT2D eigenvalue weighted by atomic mass is 32.2. The van der Waals surface area contributed by atoms with Gasteiger partial charge in [-0.15, -0.1) is 11.8 Å². The van der Waals surface area contributed by atoms with Gasteiger partial charge in [-0.25, -0.2) is 4.68 Å². The number of carbonyl (C=O) groups excluding carboxylic acids is 1. The van der Waals surface area contributed by atoms with Gasteiger partial charge in [0.2, 0.25) is 5.91 Å². The minimum atomic E-state index is 0.0207. The molecule has 1 heterocycles. The maximum Gasteiger partial charge on any atom is 0.235 e. The van der Waals surface area contributed by atoms with Crippen molar-refractivity contribution >= 4 is 23.5 Å². The van der Waals surface area contributed by atoms with Gasteiger partial charge in [0, 0.05) is 16.9 Å². The van der Waals surface area contributed by atoms with Crippen molar-refractivity contribution in [3.8, 4) is 0 Å². The van der Waals surface area contributed by atoms with E-state index in [1.165, 1.54) is 0 Å². The molecule has 1 amide bonds. The lowest BCUT2D eigenvalue weighted by molar-refractivity contribution is -0.113. The second kappa shape index (κ2) is 5.58. The van der Waals surface area contributed by atoms with Crippen LogP contribution < -0.4 is 5.32 Å². The number of hydrogen-bond donors (Lipinski definition) is 1. The molecule has 96 valence electrons. The number of thioether (sulfide) groups is 1. The molecule has 1 aromatic rings. The van der Waals surface area contributed by atoms with E-state index in [0.717, 1.165) is 5.82 Å². The van der Waals surface area contributed by atoms with E-state index in [1.807, 2.05) is 19.9 Å². The Bertz CT molecular complexity index is 379. The summed E-state index contributed by atoms with van der Waals surface area (Å²) in [5.74, 6) is 1.25. The van der Waals surface area contributed by atoms with E-state index in [4.69, 9.17) is 0 Å². The van der Waals surface area contributed by atoms with Crippen LogP contribution in [-0.4, -0.2) is 26.2 Å². The molecule has 4 nitrogen and oxygen atoms in total. The highest BCUT2D eigenvalue weighted by Crippen LogP contribution is 2.23. The number of nitrogens with one attached hydrogen (secondary N) is 1. The summed E-state index contributed by atoms with van der Waals surface area (Å²) in [5, 5.41) is 7.06. The number of hydrogen-bond acceptors (Lipinski definition) is 3. The van der Waals surface area contributed by atoms with E-state index in [-0.39, 0.29) is 16.7 Å². The van der Waals surface area contributed by atoms with E-state index in [2.05, 4.69) is 31.2 Å². The monoisotopic (exact) mass is 255 g/mol. The molecule has 1 aromatic heterocycles. The molecule has 0 radical (unpaired) electrons. The summed E-state index contributed by atoms with van der Waals surface area (Å²) in [7, 11) is 0. The van der Waals surface area contributed by atoms with Gasteiger partial charge >= 0.3 is 0 Å². The number of rotatable bonds is 4. The van der Waals surface area contributed by atoms with Crippen LogP contribution in [0.5, 0.6) is 0 Å². The van der Waals surface area contributed by atoms with Crippen molar-refractivity contribution in [1.82, 2.24) is 9.78 Å². The molecule has 17 heavy (non-hydrogen) atoms. The SMILES string of the molecule is CC(C)n1nccc1NC(=O)CSC(C)(C)C. The summed E-state index contributed by atoms with van der Waals surface area (Å²) >= 11 is 1.64. The Balaban J connectivity index is 2.54. The van der Waals surface area contributed by atoms with Crippen LogP contribution in [0, 0.1) is 0 Å². The third-order valence-corrected chi connectivity index (χ3v) is 3.34. The van der Waals surface area contributed by atoms with Crippen LogP contribution in [0.15, 0.2) is 12.3 Å². The van der Waals surface area contributed by atoms with Crippen LogP contribution in [0.3, 0.4) is 0 Å². The normalized spacial score (nSPS) is 11.9. The van der Waals surface area contributed by atoms with Gasteiger partial charge in [0.15, 0.2) is 0 Å². The second-order valence-electron chi connectivity index (χ2n) is 5.20. The predicted molar refractivity (Wildman–Crippen MR) is 73.5 cm³/mol. The number of anilines is 1. The molecule has 0 fully saturated rings. The molecule has 0 bridgehead atoms. The zero-order valence-electron chi connectivity index (χ0n) is 11.2. The topological polar surface area (TPSA) is 46.9 Å². The summed E-state index contributed by atoms with van der Waals surface area (Å²) in [5.41, 5.74) is 0. The molecule has 0 aromatic carbocycles. The average molecular weight is 255 g/mol. The molecule has 5 heteroatoms. The van der Waals surface area contributed by atoms with Crippen LogP contribution in [-0.2, 0) is 4.79 Å². The second-order valence-corrected chi connectivity index (χ2v) is 7.01. The molecule has 0 aliphatic carbocycles. The van der Waals surface area contributed by atoms with E-state index in [0.29, 0.717) is 5.75 Å². The number of nitrogens with zero attached hydrogens (tertiary/aromatic N) is 2. The van der Waals surface area contributed by atoms with Crippen LogP contribution >= 0.6 is 11.8 Å². The molecule has 0 saturated carbocycles. The first-order valence-electron chi connectivity index (χ1n) is 5.77. The Morgan fingerprint density at radius 3 is 2.71 bits per heavy atom. The Hall–Kier alpha value is -0.970. The van der Waals surface area contributed by atoms with Crippen molar-refractivity contribution < 1.29 is 4.79 Å². The van der Waals surface area contributed by atoms with E-state index >= 15 is 0 Å². The largest absolute Gasteiger partial charge is 0.310 e. The fourth-order valence-electron chi connectivity index (χ4n) is 1.29. The van der Waals surface area contributed by atoms with Crippen LogP contribution in [0.25, 0.3) is 0 Å². The minimum absolute atomic E-state index is 0.0207. The molecule has 0 aliphatic rings. The van der Waals surface area contributed by atoms with Crippen LogP contribution in [0.1, 0.15) is 40.7 Å². The average Bonchev–Trinajstić information content (AvgIpc) is 2.62. The summed E-state index contributed by atoms with van der Waals surface area (Å²) in [6, 6.07) is 2.06. The first kappa shape index (κ1) is 14.1. The number of amides is 1. The fraction of sp³-hybridized carbons (Fsp3) is 0.667. The molecule has 1 N–H and O–H groups in total. The van der Waals surface area contributed by atoms with Crippen molar-refractivity contribution in [3.05, 3.63) is 12.3 Å². The maximum atomic E-state index is 11.8. The number of carbonyl (C=O) groups is 1. The van der Waals surface area contributed by atoms with Gasteiger partial charge in [-0.3, -0.25) is 4.79 Å². The summed E-state index contributed by atoms with van der Waals surface area (Å²) in [4.78, 5) is 11.8. The smallest absolute Gasteiger partial charge is 0.235 e. The lowest BCUT2D eigenvalue weighted by Crippen LogP contribution is -2.21. The number of aromatic nitrogens is 2. The van der Waals surface area contributed by atoms with Gasteiger partial charge in [0.1, 0.15) is 5.82 Å². The Morgan fingerprint density at radius 1 is 1.53 bits per heavy atom. The van der Waals surface area contributed by atoms with Crippen LogP contribution in [0.4, 0.5) is 5.82 Å². The van der Waals surface area contributed by atoms with Gasteiger partial charge < -0.3 is 5.32 Å². The van der Waals surface area contributed by atoms with Gasteiger partial charge in [0.25, 0.3) is 0 Å². The molecular weight excluding hydrogens is 234 g/mol. The van der Waals surface area contributed by atoms with E-state index in [1.54, 1.807) is 22.6 Å². The predicted octanol–water partition coefficient (Wildman–Crippen LogP) is 2.93. The molecular formula is C12H21N3OS. The summed E-state index contributed by atoms with van der Waals surface area (Å²) in [6.45, 7) is 10.4. The Labute approximate surface area is 107 Å². The van der Waals surface area contributed by atoms with Crippen LogP contribution in [0.2, 0.25) is 0 Å². The summed E-state index contributed by atoms with van der Waals surface area (Å²) in [6.07, 6.45) is 1.70. The van der Waals surface area contributed by atoms with Gasteiger partial charge in [-0.1, -0.05) is 20.8 Å². The Morgan fingerprint density at radius 2 is 2.18 bits per heavy atom. The third kappa shape index (κ3) is 4.81. The third-order valence-electron chi connectivity index (χ3n) is 2.06. The molecule has 0 aliphatic heterocycles. The fourth-order valence-corrected chi connectivity index (χ4v) is 1.92. The van der Waals surface area contributed by atoms with Gasteiger partial charge in [0.05, 0.1) is 11.9 Å². The van der Waals surface area contributed by atoms with E-state index < -0.39 is 0 Å². The molecule has 0 atom stereocenters. The van der Waals surface area contributed by atoms with Crippen molar-refractivity contribution in [2.24, 2.45) is 0 Å². The van der Waals surface area contributed by atoms with Crippen molar-refractivity contribution in [2.75, 3.05) is 11.1 Å². The standard InChI is InChI=1S/C12H21N3OS/c1-9(2)15-10(6-7-13-15)14-11(16)8-17-12(3,4)5/h6-7,9H,8H2,1-5H3,(H,14,16). The molecule has 1 rings (SSSR count). The summed E-state index contributed by atoms with van der Waals surface area (Å²) < 4.78 is 1.91. The molecule has 0 unspecified atom stereocenters. The highest BCUT2D eigenvalue weighted by molar-refractivity contribution is 8.01. The maximum absolute atomic E-state index is 11.8. The first-order chi connectivity index (χ1) is 7.79. The van der Waals surface area contributed by atoms with E-state index in [9.17, 15) is 4.79 Å². The highest BCUT2D eigenvalue weighted by Gasteiger charge is 2.14. The molecule has 0 saturated heterocycles. The zero-order chi connectivity index (χ0) is 13.1. The minimum Gasteiger partial charge on any atom is -0.310 e.